The summed E-state index contributed by atoms with van der Waals surface area (Å²) in [5, 5.41) is 10.3. The minimum absolute atomic E-state index is 0.193. The quantitative estimate of drug-likeness (QED) is 0.480. The van der Waals surface area contributed by atoms with Crippen LogP contribution in [0.15, 0.2) is 15.9 Å². The van der Waals surface area contributed by atoms with E-state index in [1.54, 1.807) is 11.4 Å². The van der Waals surface area contributed by atoms with Crippen LogP contribution < -0.4 is 0 Å². The molecule has 2 atom stereocenters. The lowest BCUT2D eigenvalue weighted by molar-refractivity contribution is -0.502. The zero-order valence-corrected chi connectivity index (χ0v) is 9.23. The molecule has 0 fully saturated rings. The number of hydrogen-bond donors (Lipinski definition) is 0. The molecule has 8 heteroatoms. The summed E-state index contributed by atoms with van der Waals surface area (Å²) in [6.45, 7) is 0. The van der Waals surface area contributed by atoms with Crippen molar-refractivity contribution in [1.82, 2.24) is 0 Å². The van der Waals surface area contributed by atoms with Crippen LogP contribution in [0.25, 0.3) is 0 Å². The predicted molar refractivity (Wildman–Crippen MR) is 50.7 cm³/mol. The standard InChI is InChI=1S/C5H4BrNO4S2/c6-3-1-2-12-4(3)5(7(8)9)13(10)11/h1-2,5H,(H,10,11)/p-1. The smallest absolute Gasteiger partial charge is 0.308 e. The van der Waals surface area contributed by atoms with Crippen LogP contribution in [0.4, 0.5) is 0 Å². The summed E-state index contributed by atoms with van der Waals surface area (Å²) in [4.78, 5) is 9.75. The third-order valence-corrected chi connectivity index (χ3v) is 4.09. The second kappa shape index (κ2) is 4.27. The largest absolute Gasteiger partial charge is 0.767 e. The van der Waals surface area contributed by atoms with Crippen LogP contribution in [0.1, 0.15) is 10.3 Å². The monoisotopic (exact) mass is 284 g/mol. The molecule has 0 radical (unpaired) electrons. The fraction of sp³-hybridized carbons (Fsp3) is 0.200. The van der Waals surface area contributed by atoms with Gasteiger partial charge in [-0.15, -0.1) is 11.3 Å². The van der Waals surface area contributed by atoms with E-state index < -0.39 is 21.4 Å². The molecule has 1 rings (SSSR count). The number of nitro groups is 1. The van der Waals surface area contributed by atoms with Gasteiger partial charge in [0.25, 0.3) is 0 Å². The Balaban J connectivity index is 3.09. The van der Waals surface area contributed by atoms with Gasteiger partial charge in [-0.3, -0.25) is 14.3 Å². The molecule has 0 aliphatic rings. The van der Waals surface area contributed by atoms with E-state index in [0.717, 1.165) is 11.3 Å². The normalized spacial score (nSPS) is 15.2. The first-order chi connectivity index (χ1) is 6.04. The second-order valence-electron chi connectivity index (χ2n) is 2.03. The molecule has 72 valence electrons. The van der Waals surface area contributed by atoms with Gasteiger partial charge < -0.3 is 4.55 Å². The van der Waals surface area contributed by atoms with Gasteiger partial charge in [0.2, 0.25) is 0 Å². The van der Waals surface area contributed by atoms with E-state index in [1.165, 1.54) is 0 Å². The van der Waals surface area contributed by atoms with E-state index in [-0.39, 0.29) is 4.88 Å². The highest BCUT2D eigenvalue weighted by molar-refractivity contribution is 9.10. The summed E-state index contributed by atoms with van der Waals surface area (Å²) < 4.78 is 21.5. The third-order valence-electron chi connectivity index (χ3n) is 1.24. The van der Waals surface area contributed by atoms with Crippen LogP contribution in [0.3, 0.4) is 0 Å². The molecule has 1 heterocycles. The fourth-order valence-corrected chi connectivity index (χ4v) is 3.27. The molecule has 0 spiro atoms. The van der Waals surface area contributed by atoms with Crippen molar-refractivity contribution in [3.05, 3.63) is 30.9 Å². The lowest BCUT2D eigenvalue weighted by Gasteiger charge is -2.10. The Labute approximate surface area is 88.3 Å². The minimum atomic E-state index is -2.74. The van der Waals surface area contributed by atoms with Crippen LogP contribution in [-0.4, -0.2) is 13.7 Å². The first-order valence-electron chi connectivity index (χ1n) is 2.98. The number of halogens is 1. The molecule has 13 heavy (non-hydrogen) atoms. The number of thiophene rings is 1. The molecular weight excluding hydrogens is 282 g/mol. The molecule has 0 aromatic carbocycles. The summed E-state index contributed by atoms with van der Waals surface area (Å²) >= 11 is 1.33. The van der Waals surface area contributed by atoms with Crippen LogP contribution in [-0.2, 0) is 11.1 Å². The highest BCUT2D eigenvalue weighted by atomic mass is 79.9. The third kappa shape index (κ3) is 2.33. The molecule has 0 aliphatic carbocycles. The van der Waals surface area contributed by atoms with Gasteiger partial charge in [-0.05, 0) is 27.4 Å². The zero-order chi connectivity index (χ0) is 10.0. The van der Waals surface area contributed by atoms with E-state index in [0.29, 0.717) is 4.47 Å². The Bertz CT molecular complexity index is 338. The maximum absolute atomic E-state index is 10.5. The lowest BCUT2D eigenvalue weighted by Crippen LogP contribution is -2.14. The molecule has 1 aromatic heterocycles. The van der Waals surface area contributed by atoms with Crippen molar-refractivity contribution >= 4 is 38.3 Å². The fourth-order valence-electron chi connectivity index (χ4n) is 0.735. The van der Waals surface area contributed by atoms with E-state index in [2.05, 4.69) is 15.9 Å². The van der Waals surface area contributed by atoms with Crippen molar-refractivity contribution in [1.29, 1.82) is 0 Å². The highest BCUT2D eigenvalue weighted by Gasteiger charge is 2.27. The van der Waals surface area contributed by atoms with Gasteiger partial charge in [0.15, 0.2) is 0 Å². The number of rotatable bonds is 3. The van der Waals surface area contributed by atoms with Gasteiger partial charge in [0, 0.05) is 20.5 Å². The Kier molecular flexibility index (Phi) is 3.54. The van der Waals surface area contributed by atoms with Gasteiger partial charge in [0.05, 0.1) is 0 Å². The Morgan fingerprint density at radius 2 is 2.31 bits per heavy atom. The summed E-state index contributed by atoms with van der Waals surface area (Å²) in [5.74, 6) is 0. The van der Waals surface area contributed by atoms with Crippen LogP contribution in [0.2, 0.25) is 0 Å². The Morgan fingerprint density at radius 1 is 1.69 bits per heavy atom. The summed E-state index contributed by atoms with van der Waals surface area (Å²) in [6.07, 6.45) is 0. The number of nitrogens with zero attached hydrogens (tertiary/aromatic N) is 1. The highest BCUT2D eigenvalue weighted by Crippen LogP contribution is 2.32. The maximum atomic E-state index is 10.5. The first kappa shape index (κ1) is 10.8. The molecule has 2 unspecified atom stereocenters. The zero-order valence-electron chi connectivity index (χ0n) is 6.01. The average molecular weight is 285 g/mol. The van der Waals surface area contributed by atoms with Gasteiger partial charge in [-0.2, -0.15) is 0 Å². The van der Waals surface area contributed by atoms with Crippen molar-refractivity contribution in [2.24, 2.45) is 0 Å². The molecule has 0 saturated carbocycles. The van der Waals surface area contributed by atoms with Gasteiger partial charge >= 0.3 is 5.37 Å². The molecule has 0 amide bonds. The topological polar surface area (TPSA) is 83.3 Å². The van der Waals surface area contributed by atoms with Crippen molar-refractivity contribution in [2.75, 3.05) is 0 Å². The molecule has 0 bridgehead atoms. The van der Waals surface area contributed by atoms with Crippen molar-refractivity contribution < 1.29 is 13.7 Å². The van der Waals surface area contributed by atoms with Gasteiger partial charge in [-0.1, -0.05) is 0 Å². The maximum Gasteiger partial charge on any atom is 0.308 e. The van der Waals surface area contributed by atoms with Gasteiger partial charge in [-0.25, -0.2) is 0 Å². The summed E-state index contributed by atoms with van der Waals surface area (Å²) in [7, 11) is 0. The van der Waals surface area contributed by atoms with Crippen LogP contribution in [0.5, 0.6) is 0 Å². The lowest BCUT2D eigenvalue weighted by atomic mass is 10.5. The van der Waals surface area contributed by atoms with E-state index in [4.69, 9.17) is 0 Å². The SMILES string of the molecule is O=[N+]([O-])C(c1sccc1Br)S(=O)[O-]. The Hall–Kier alpha value is -0.310. The predicted octanol–water partition coefficient (Wildman–Crippen LogP) is 1.67. The minimum Gasteiger partial charge on any atom is -0.767 e. The molecule has 0 saturated heterocycles. The van der Waals surface area contributed by atoms with Crippen molar-refractivity contribution in [3.8, 4) is 0 Å². The van der Waals surface area contributed by atoms with E-state index >= 15 is 0 Å². The Morgan fingerprint density at radius 3 is 2.62 bits per heavy atom. The van der Waals surface area contributed by atoms with Gasteiger partial charge in [0.1, 0.15) is 4.88 Å². The van der Waals surface area contributed by atoms with E-state index in [1.807, 2.05) is 0 Å². The number of hydrogen-bond acceptors (Lipinski definition) is 5. The second-order valence-corrected chi connectivity index (χ2v) is 4.80. The average Bonchev–Trinajstić information content (AvgIpc) is 2.35. The molecule has 1 aromatic rings. The van der Waals surface area contributed by atoms with Crippen LogP contribution >= 0.6 is 27.3 Å². The van der Waals surface area contributed by atoms with Crippen molar-refractivity contribution in [2.45, 2.75) is 5.37 Å². The van der Waals surface area contributed by atoms with E-state index in [9.17, 15) is 18.9 Å². The molecule has 5 nitrogen and oxygen atoms in total. The molecule has 0 aliphatic heterocycles. The molecular formula is C5H3BrNO4S2-. The van der Waals surface area contributed by atoms with Crippen LogP contribution in [0, 0.1) is 10.1 Å². The molecule has 0 N–H and O–H groups in total. The van der Waals surface area contributed by atoms with Crippen molar-refractivity contribution in [3.63, 3.8) is 0 Å². The summed E-state index contributed by atoms with van der Waals surface area (Å²) in [6, 6.07) is 1.57. The summed E-state index contributed by atoms with van der Waals surface area (Å²) in [5.41, 5.74) is 0. The first-order valence-corrected chi connectivity index (χ1v) is 5.79.